The molecule has 1 aromatic rings. The average molecular weight is 330 g/mol. The van der Waals surface area contributed by atoms with Crippen molar-refractivity contribution < 1.29 is 14.3 Å². The van der Waals surface area contributed by atoms with Gasteiger partial charge in [-0.05, 0) is 39.7 Å². The van der Waals surface area contributed by atoms with E-state index in [1.165, 1.54) is 0 Å². The second-order valence-electron chi connectivity index (χ2n) is 7.71. The molecule has 0 radical (unpaired) electrons. The van der Waals surface area contributed by atoms with Gasteiger partial charge >= 0.3 is 0 Å². The number of para-hydroxylation sites is 1. The Bertz CT molecular complexity index is 630. The lowest BCUT2D eigenvalue weighted by Gasteiger charge is -2.36. The molecule has 1 N–H and O–H groups in total. The maximum atomic E-state index is 13.1. The van der Waals surface area contributed by atoms with E-state index in [0.29, 0.717) is 5.75 Å². The second-order valence-corrected chi connectivity index (χ2v) is 7.71. The van der Waals surface area contributed by atoms with Crippen LogP contribution in [0.15, 0.2) is 24.3 Å². The SMILES string of the molecule is CC(C)(C)NC(=O)C1c2ccccc2OCC(=O)N1C1CCCC1. The van der Waals surface area contributed by atoms with E-state index in [1.807, 2.05) is 45.0 Å². The van der Waals surface area contributed by atoms with Gasteiger partial charge in [-0.1, -0.05) is 31.0 Å². The number of fused-ring (bicyclic) bond motifs is 1. The van der Waals surface area contributed by atoms with E-state index >= 15 is 0 Å². The molecule has 1 heterocycles. The summed E-state index contributed by atoms with van der Waals surface area (Å²) in [5.74, 6) is 0.383. The molecular formula is C19H26N2O3. The second kappa shape index (κ2) is 6.46. The van der Waals surface area contributed by atoms with E-state index in [0.717, 1.165) is 31.2 Å². The molecule has 2 aliphatic rings. The average Bonchev–Trinajstić information content (AvgIpc) is 2.98. The Labute approximate surface area is 143 Å². The molecule has 0 spiro atoms. The third-order valence-corrected chi connectivity index (χ3v) is 4.60. The molecule has 1 fully saturated rings. The fraction of sp³-hybridized carbons (Fsp3) is 0.579. The number of rotatable bonds is 2. The van der Waals surface area contributed by atoms with Gasteiger partial charge in [0.1, 0.15) is 11.8 Å². The van der Waals surface area contributed by atoms with Crippen molar-refractivity contribution in [1.29, 1.82) is 0 Å². The van der Waals surface area contributed by atoms with Crippen molar-refractivity contribution in [2.24, 2.45) is 0 Å². The summed E-state index contributed by atoms with van der Waals surface area (Å²) >= 11 is 0. The summed E-state index contributed by atoms with van der Waals surface area (Å²) in [6.45, 7) is 5.84. The van der Waals surface area contributed by atoms with E-state index in [-0.39, 0.29) is 30.0 Å². The number of carbonyl (C=O) groups excluding carboxylic acids is 2. The van der Waals surface area contributed by atoms with Gasteiger partial charge in [0.05, 0.1) is 0 Å². The molecular weight excluding hydrogens is 304 g/mol. The van der Waals surface area contributed by atoms with Gasteiger partial charge in [0, 0.05) is 17.1 Å². The summed E-state index contributed by atoms with van der Waals surface area (Å²) in [4.78, 5) is 27.6. The first-order valence-electron chi connectivity index (χ1n) is 8.72. The highest BCUT2D eigenvalue weighted by molar-refractivity contribution is 5.91. The molecule has 1 saturated carbocycles. The summed E-state index contributed by atoms with van der Waals surface area (Å²) in [5, 5.41) is 3.04. The van der Waals surface area contributed by atoms with Crippen LogP contribution in [-0.2, 0) is 9.59 Å². The summed E-state index contributed by atoms with van der Waals surface area (Å²) in [6.07, 6.45) is 4.11. The minimum absolute atomic E-state index is 0.00713. The van der Waals surface area contributed by atoms with Gasteiger partial charge in [0.25, 0.3) is 5.91 Å². The molecule has 2 amide bonds. The van der Waals surface area contributed by atoms with Crippen molar-refractivity contribution >= 4 is 11.8 Å². The van der Waals surface area contributed by atoms with Crippen LogP contribution in [0.3, 0.4) is 0 Å². The van der Waals surface area contributed by atoms with Crippen LogP contribution in [-0.4, -0.2) is 34.9 Å². The standard InChI is InChI=1S/C19H26N2O3/c1-19(2,3)20-18(23)17-14-10-6-7-11-15(14)24-12-16(22)21(17)13-8-4-5-9-13/h6-7,10-11,13,17H,4-5,8-9,12H2,1-3H3,(H,20,23). The van der Waals surface area contributed by atoms with Gasteiger partial charge < -0.3 is 15.0 Å². The normalized spacial score (nSPS) is 21.9. The van der Waals surface area contributed by atoms with E-state index in [9.17, 15) is 9.59 Å². The van der Waals surface area contributed by atoms with Crippen LogP contribution in [0.4, 0.5) is 0 Å². The fourth-order valence-electron chi connectivity index (χ4n) is 3.65. The number of nitrogens with one attached hydrogen (secondary N) is 1. The molecule has 3 rings (SSSR count). The first-order valence-corrected chi connectivity index (χ1v) is 8.72. The predicted octanol–water partition coefficient (Wildman–Crippen LogP) is 2.81. The van der Waals surface area contributed by atoms with E-state index in [2.05, 4.69) is 5.32 Å². The molecule has 1 aromatic carbocycles. The first-order chi connectivity index (χ1) is 11.4. The number of ether oxygens (including phenoxy) is 1. The zero-order valence-electron chi connectivity index (χ0n) is 14.7. The molecule has 1 aliphatic heterocycles. The highest BCUT2D eigenvalue weighted by Gasteiger charge is 2.41. The molecule has 5 heteroatoms. The summed E-state index contributed by atoms with van der Waals surface area (Å²) in [5.41, 5.74) is 0.417. The first kappa shape index (κ1) is 16.8. The van der Waals surface area contributed by atoms with Crippen molar-refractivity contribution in [2.45, 2.75) is 64.1 Å². The number of benzene rings is 1. The summed E-state index contributed by atoms with van der Waals surface area (Å²) < 4.78 is 5.69. The van der Waals surface area contributed by atoms with Gasteiger partial charge in [0.2, 0.25) is 5.91 Å². The minimum Gasteiger partial charge on any atom is -0.483 e. The zero-order chi connectivity index (χ0) is 17.3. The lowest BCUT2D eigenvalue weighted by molar-refractivity contribution is -0.144. The molecule has 1 aliphatic carbocycles. The summed E-state index contributed by atoms with van der Waals surface area (Å²) in [7, 11) is 0. The van der Waals surface area contributed by atoms with Crippen LogP contribution < -0.4 is 10.1 Å². The number of nitrogens with zero attached hydrogens (tertiary/aromatic N) is 1. The van der Waals surface area contributed by atoms with E-state index in [1.54, 1.807) is 4.90 Å². The van der Waals surface area contributed by atoms with Crippen molar-refractivity contribution in [3.05, 3.63) is 29.8 Å². The van der Waals surface area contributed by atoms with Crippen LogP contribution in [0, 0.1) is 0 Å². The van der Waals surface area contributed by atoms with Crippen molar-refractivity contribution in [3.63, 3.8) is 0 Å². The monoisotopic (exact) mass is 330 g/mol. The van der Waals surface area contributed by atoms with Gasteiger partial charge in [-0.15, -0.1) is 0 Å². The minimum atomic E-state index is -0.626. The number of hydrogen-bond acceptors (Lipinski definition) is 3. The molecule has 1 atom stereocenters. The van der Waals surface area contributed by atoms with Crippen molar-refractivity contribution in [3.8, 4) is 5.75 Å². The Hall–Kier alpha value is -2.04. The quantitative estimate of drug-likeness (QED) is 0.907. The molecule has 0 aromatic heterocycles. The Morgan fingerprint density at radius 3 is 2.54 bits per heavy atom. The van der Waals surface area contributed by atoms with Crippen LogP contribution in [0.2, 0.25) is 0 Å². The highest BCUT2D eigenvalue weighted by atomic mass is 16.5. The maximum Gasteiger partial charge on any atom is 0.261 e. The van der Waals surface area contributed by atoms with Gasteiger partial charge in [-0.25, -0.2) is 0 Å². The Morgan fingerprint density at radius 1 is 1.21 bits per heavy atom. The number of carbonyl (C=O) groups is 2. The Morgan fingerprint density at radius 2 is 1.88 bits per heavy atom. The van der Waals surface area contributed by atoms with E-state index in [4.69, 9.17) is 4.74 Å². The Balaban J connectivity index is 2.03. The lowest BCUT2D eigenvalue weighted by atomic mass is 9.99. The van der Waals surface area contributed by atoms with Crippen LogP contribution >= 0.6 is 0 Å². The number of amides is 2. The molecule has 0 saturated heterocycles. The zero-order valence-corrected chi connectivity index (χ0v) is 14.7. The predicted molar refractivity (Wildman–Crippen MR) is 91.7 cm³/mol. The van der Waals surface area contributed by atoms with E-state index < -0.39 is 6.04 Å². The molecule has 0 bridgehead atoms. The maximum absolute atomic E-state index is 13.1. The van der Waals surface area contributed by atoms with Crippen LogP contribution in [0.5, 0.6) is 5.75 Å². The lowest BCUT2D eigenvalue weighted by Crippen LogP contribution is -2.51. The van der Waals surface area contributed by atoms with Crippen LogP contribution in [0.1, 0.15) is 58.1 Å². The highest BCUT2D eigenvalue weighted by Crippen LogP contribution is 2.37. The topological polar surface area (TPSA) is 58.6 Å². The Kier molecular flexibility index (Phi) is 4.52. The molecule has 130 valence electrons. The van der Waals surface area contributed by atoms with Gasteiger partial charge in [-0.3, -0.25) is 9.59 Å². The fourth-order valence-corrected chi connectivity index (χ4v) is 3.65. The molecule has 5 nitrogen and oxygen atoms in total. The third-order valence-electron chi connectivity index (χ3n) is 4.60. The van der Waals surface area contributed by atoms with Gasteiger partial charge in [-0.2, -0.15) is 0 Å². The largest absolute Gasteiger partial charge is 0.483 e. The number of hydrogen-bond donors (Lipinski definition) is 1. The third kappa shape index (κ3) is 3.40. The van der Waals surface area contributed by atoms with Crippen LogP contribution in [0.25, 0.3) is 0 Å². The van der Waals surface area contributed by atoms with Crippen molar-refractivity contribution in [2.75, 3.05) is 6.61 Å². The summed E-state index contributed by atoms with van der Waals surface area (Å²) in [6, 6.07) is 6.97. The van der Waals surface area contributed by atoms with Gasteiger partial charge in [0.15, 0.2) is 6.61 Å². The molecule has 1 unspecified atom stereocenters. The molecule has 24 heavy (non-hydrogen) atoms. The smallest absolute Gasteiger partial charge is 0.261 e. The van der Waals surface area contributed by atoms with Crippen molar-refractivity contribution in [1.82, 2.24) is 10.2 Å².